The van der Waals surface area contributed by atoms with E-state index in [4.69, 9.17) is 0 Å². The molecule has 2 aliphatic rings. The van der Waals surface area contributed by atoms with E-state index in [0.717, 1.165) is 25.2 Å². The van der Waals surface area contributed by atoms with Crippen LogP contribution < -0.4 is 0 Å². The van der Waals surface area contributed by atoms with Crippen molar-refractivity contribution in [3.63, 3.8) is 0 Å². The first-order chi connectivity index (χ1) is 37.6. The van der Waals surface area contributed by atoms with Gasteiger partial charge in [-0.15, -0.1) is 6.58 Å². The van der Waals surface area contributed by atoms with Gasteiger partial charge in [0.25, 0.3) is 0 Å². The zero-order valence-electron chi connectivity index (χ0n) is 49.1. The van der Waals surface area contributed by atoms with E-state index in [0.29, 0.717) is 5.92 Å². The highest BCUT2D eigenvalue weighted by atomic mass is 14.3. The predicted octanol–water partition coefficient (Wildman–Crippen LogP) is 25.0. The lowest BCUT2D eigenvalue weighted by Crippen LogP contribution is -1.97. The fourth-order valence-electron chi connectivity index (χ4n) is 10.1. The van der Waals surface area contributed by atoms with E-state index in [-0.39, 0.29) is 22.3 Å². The number of aryl methyl sites for hydroxylation is 1. The van der Waals surface area contributed by atoms with Crippen LogP contribution >= 0.6 is 0 Å². The van der Waals surface area contributed by atoms with Crippen molar-refractivity contribution in [3.8, 4) is 44.5 Å². The molecule has 0 spiro atoms. The first kappa shape index (κ1) is 68.6. The van der Waals surface area contributed by atoms with Crippen molar-refractivity contribution in [2.75, 3.05) is 0 Å². The average molecular weight is 1060 g/mol. The van der Waals surface area contributed by atoms with Crippen molar-refractivity contribution in [1.29, 1.82) is 0 Å². The topological polar surface area (TPSA) is 0 Å². The molecule has 0 saturated heterocycles. The fourth-order valence-corrected chi connectivity index (χ4v) is 10.1. The van der Waals surface area contributed by atoms with Gasteiger partial charge in [-0.05, 0) is 168 Å². The first-order valence-electron chi connectivity index (χ1n) is 28.8. The molecule has 0 aliphatic heterocycles. The summed E-state index contributed by atoms with van der Waals surface area (Å²) in [6.07, 6.45) is 14.7. The SMILES string of the molecule is C.C.C.C/C(=C\C(C)c1ccccc1)c1ccccc1.C=C/C=C1/c2ccccc2-c2cccc(Cc3cc(-c4cccc(CC)c4)cc(-c4ccc5c(c4C)/C(=C\CC=C)c4ccccc4-5)c3)c21.CC.CC.CC.CCC(C)C. The van der Waals surface area contributed by atoms with Gasteiger partial charge >= 0.3 is 0 Å². The minimum absolute atomic E-state index is 0. The summed E-state index contributed by atoms with van der Waals surface area (Å²) in [5.41, 5.74) is 27.5. The van der Waals surface area contributed by atoms with Crippen LogP contribution in [0.4, 0.5) is 0 Å². The van der Waals surface area contributed by atoms with Gasteiger partial charge in [0.2, 0.25) is 0 Å². The van der Waals surface area contributed by atoms with Gasteiger partial charge in [0.1, 0.15) is 0 Å². The van der Waals surface area contributed by atoms with Crippen LogP contribution in [0.15, 0.2) is 226 Å². The van der Waals surface area contributed by atoms with Crippen LogP contribution in [0.3, 0.4) is 0 Å². The molecule has 0 aromatic heterocycles. The lowest BCUT2D eigenvalue weighted by molar-refractivity contribution is 0.626. The highest BCUT2D eigenvalue weighted by Gasteiger charge is 2.27. The molecule has 1 unspecified atom stereocenters. The molecule has 10 rings (SSSR count). The van der Waals surface area contributed by atoms with Crippen molar-refractivity contribution >= 4 is 16.7 Å². The lowest BCUT2D eigenvalue weighted by Gasteiger charge is -2.17. The molecule has 0 N–H and O–H groups in total. The zero-order valence-corrected chi connectivity index (χ0v) is 49.1. The maximum Gasteiger partial charge on any atom is -0.000451 e. The maximum absolute atomic E-state index is 4.07. The van der Waals surface area contributed by atoms with E-state index in [1.165, 1.54) is 123 Å². The van der Waals surface area contributed by atoms with E-state index in [1.807, 2.05) is 53.7 Å². The van der Waals surface area contributed by atoms with Crippen LogP contribution in [0.1, 0.15) is 180 Å². The molecule has 0 bridgehead atoms. The second-order valence-electron chi connectivity index (χ2n) is 19.4. The molecular formula is C80H100. The number of fused-ring (bicyclic) bond motifs is 6. The summed E-state index contributed by atoms with van der Waals surface area (Å²) in [6.45, 7) is 35.7. The summed E-state index contributed by atoms with van der Waals surface area (Å²) < 4.78 is 0. The Labute approximate surface area is 489 Å². The van der Waals surface area contributed by atoms with Crippen LogP contribution in [0.5, 0.6) is 0 Å². The quantitative estimate of drug-likeness (QED) is 0.107. The monoisotopic (exact) mass is 1060 g/mol. The highest BCUT2D eigenvalue weighted by molar-refractivity contribution is 6.04. The third-order valence-corrected chi connectivity index (χ3v) is 14.2. The van der Waals surface area contributed by atoms with Crippen LogP contribution in [0, 0.1) is 12.8 Å². The number of hydrogen-bond acceptors (Lipinski definition) is 0. The van der Waals surface area contributed by atoms with Crippen LogP contribution in [0.2, 0.25) is 0 Å². The molecule has 420 valence electrons. The van der Waals surface area contributed by atoms with Gasteiger partial charge in [0, 0.05) is 0 Å². The summed E-state index contributed by atoms with van der Waals surface area (Å²) >= 11 is 0. The van der Waals surface area contributed by atoms with Crippen molar-refractivity contribution in [2.24, 2.45) is 5.92 Å². The summed E-state index contributed by atoms with van der Waals surface area (Å²) in [4.78, 5) is 0. The molecular weight excluding hydrogens is 961 g/mol. The summed E-state index contributed by atoms with van der Waals surface area (Å²) in [5, 5.41) is 0. The molecule has 0 heterocycles. The molecule has 1 atom stereocenters. The molecule has 0 fully saturated rings. The Morgan fingerprint density at radius 2 is 0.988 bits per heavy atom. The second kappa shape index (κ2) is 35.2. The van der Waals surface area contributed by atoms with Crippen molar-refractivity contribution in [1.82, 2.24) is 0 Å². The van der Waals surface area contributed by atoms with Gasteiger partial charge in [-0.3, -0.25) is 0 Å². The summed E-state index contributed by atoms with van der Waals surface area (Å²) in [7, 11) is 0. The molecule has 2 aliphatic carbocycles. The molecule has 0 radical (unpaired) electrons. The standard InChI is InChI=1S/C49H40.C17H18.C5H12.3C2H6.3CH4/c1-5-8-19-45-41-21-10-12-23-43(41)47-26-25-39(32(4)48(45)47)38-30-34(29-37(31-38)35-17-13-16-33(7-3)27-35)28-36-18-14-24-46-42-22-11-9-20-40(42)44(15-6-2)49(36)46;1-14(16-9-5-3-6-10-16)13-15(2)17-11-7-4-8-12-17;1-4-5(2)3;3*1-2;;;/h5-6,9-27,29-31H,1-2,7-8,28H2,3-4H3;3-14H,1-2H3;5H,4H2,1-3H3;3*1-2H3;3*1H4/b44-15-,45-19-;15-13+;;;;;;;. The summed E-state index contributed by atoms with van der Waals surface area (Å²) in [5.74, 6) is 1.34. The number of benzene rings is 8. The van der Waals surface area contributed by atoms with Crippen molar-refractivity contribution in [2.45, 2.75) is 144 Å². The predicted molar refractivity (Wildman–Crippen MR) is 365 cm³/mol. The van der Waals surface area contributed by atoms with Crippen molar-refractivity contribution < 1.29 is 0 Å². The molecule has 0 nitrogen and oxygen atoms in total. The zero-order chi connectivity index (χ0) is 55.9. The molecule has 80 heavy (non-hydrogen) atoms. The lowest BCUT2D eigenvalue weighted by atomic mass is 9.87. The Morgan fingerprint density at radius 1 is 0.487 bits per heavy atom. The Balaban J connectivity index is 0.000000590. The largest absolute Gasteiger partial charge is 0.103 e. The Bertz CT molecular complexity index is 3240. The normalized spacial score (nSPS) is 12.2. The van der Waals surface area contributed by atoms with Crippen LogP contribution in [-0.2, 0) is 12.8 Å². The smallest absolute Gasteiger partial charge is 0.000451 e. The average Bonchev–Trinajstić information content (AvgIpc) is 3.99. The van der Waals surface area contributed by atoms with Gasteiger partial charge in [0.15, 0.2) is 0 Å². The number of hydrogen-bond donors (Lipinski definition) is 0. The molecule has 8 aromatic rings. The summed E-state index contributed by atoms with van der Waals surface area (Å²) in [6, 6.07) is 66.5. The minimum Gasteiger partial charge on any atom is -0.103 e. The van der Waals surface area contributed by atoms with E-state index >= 15 is 0 Å². The highest BCUT2D eigenvalue weighted by Crippen LogP contribution is 2.49. The number of allylic oxidation sites excluding steroid dienone is 6. The maximum atomic E-state index is 4.07. The minimum atomic E-state index is 0. The Kier molecular flexibility index (Phi) is 30.1. The van der Waals surface area contributed by atoms with E-state index in [2.05, 4.69) is 262 Å². The second-order valence-corrected chi connectivity index (χ2v) is 19.4. The van der Waals surface area contributed by atoms with E-state index in [9.17, 15) is 0 Å². The van der Waals surface area contributed by atoms with Crippen LogP contribution in [-0.4, -0.2) is 0 Å². The van der Waals surface area contributed by atoms with Crippen LogP contribution in [0.25, 0.3) is 61.2 Å². The third kappa shape index (κ3) is 16.8. The Hall–Kier alpha value is -7.54. The van der Waals surface area contributed by atoms with Gasteiger partial charge in [0.05, 0.1) is 0 Å². The molecule has 0 amide bonds. The fraction of sp³-hybridized carbons (Fsp3) is 0.275. The van der Waals surface area contributed by atoms with Gasteiger partial charge in [-0.1, -0.05) is 318 Å². The first-order valence-corrected chi connectivity index (χ1v) is 28.8. The van der Waals surface area contributed by atoms with Gasteiger partial charge in [-0.2, -0.15) is 0 Å². The van der Waals surface area contributed by atoms with Gasteiger partial charge < -0.3 is 0 Å². The third-order valence-electron chi connectivity index (χ3n) is 14.2. The number of rotatable bonds is 12. The Morgan fingerprint density at radius 3 is 1.56 bits per heavy atom. The van der Waals surface area contributed by atoms with E-state index in [1.54, 1.807) is 0 Å². The van der Waals surface area contributed by atoms with Gasteiger partial charge in [-0.25, -0.2) is 0 Å². The molecule has 0 saturated carbocycles. The molecule has 0 heteroatoms. The van der Waals surface area contributed by atoms with E-state index < -0.39 is 0 Å². The molecule has 8 aromatic carbocycles. The van der Waals surface area contributed by atoms with Crippen molar-refractivity contribution in [3.05, 3.63) is 281 Å².